The molecule has 2 aliphatic rings. The molecule has 1 aromatic carbocycles. The highest BCUT2D eigenvalue weighted by Crippen LogP contribution is 2.65. The lowest BCUT2D eigenvalue weighted by Gasteiger charge is -2.40. The molecule has 0 N–H and O–H groups in total. The van der Waals surface area contributed by atoms with Crippen molar-refractivity contribution >= 4 is 0 Å². The zero-order valence-corrected chi connectivity index (χ0v) is 12.4. The van der Waals surface area contributed by atoms with E-state index in [1.165, 1.54) is 5.56 Å². The maximum Gasteiger partial charge on any atom is 0.100 e. The Morgan fingerprint density at radius 1 is 1.11 bits per heavy atom. The van der Waals surface area contributed by atoms with Crippen LogP contribution in [0.2, 0.25) is 0 Å². The fraction of sp³-hybridized carbons (Fsp3) is 0.647. The van der Waals surface area contributed by atoms with Crippen LogP contribution in [0.15, 0.2) is 30.3 Å². The van der Waals surface area contributed by atoms with Gasteiger partial charge in [-0.15, -0.1) is 0 Å². The smallest absolute Gasteiger partial charge is 0.100 e. The van der Waals surface area contributed by atoms with Crippen molar-refractivity contribution in [2.24, 2.45) is 5.41 Å². The van der Waals surface area contributed by atoms with E-state index in [0.29, 0.717) is 12.7 Å². The molecule has 2 fully saturated rings. The Bertz CT molecular complexity index is 467. The van der Waals surface area contributed by atoms with Crippen molar-refractivity contribution in [2.45, 2.75) is 64.4 Å². The Hall–Kier alpha value is -0.860. The van der Waals surface area contributed by atoms with Gasteiger partial charge >= 0.3 is 0 Å². The summed E-state index contributed by atoms with van der Waals surface area (Å²) in [5, 5.41) is 0. The molecule has 0 unspecified atom stereocenters. The van der Waals surface area contributed by atoms with Gasteiger partial charge in [-0.2, -0.15) is 0 Å². The van der Waals surface area contributed by atoms with Crippen LogP contribution in [0, 0.1) is 5.41 Å². The van der Waals surface area contributed by atoms with Crippen LogP contribution in [0.5, 0.6) is 0 Å². The lowest BCUT2D eigenvalue weighted by Crippen LogP contribution is -2.46. The third-order valence-corrected chi connectivity index (χ3v) is 5.37. The minimum atomic E-state index is 0.0100. The lowest BCUT2D eigenvalue weighted by molar-refractivity contribution is -0.0268. The van der Waals surface area contributed by atoms with Crippen molar-refractivity contribution in [3.63, 3.8) is 0 Å². The largest absolute Gasteiger partial charge is 0.373 e. The van der Waals surface area contributed by atoms with Crippen molar-refractivity contribution in [3.8, 4) is 0 Å². The number of fused-ring (bicyclic) bond motifs is 1. The van der Waals surface area contributed by atoms with Gasteiger partial charge in [-0.25, -0.2) is 0 Å². The van der Waals surface area contributed by atoms with E-state index in [-0.39, 0.29) is 16.6 Å². The molecule has 1 aliphatic carbocycles. The van der Waals surface area contributed by atoms with E-state index >= 15 is 0 Å². The van der Waals surface area contributed by atoms with Gasteiger partial charge < -0.3 is 9.47 Å². The van der Waals surface area contributed by atoms with E-state index < -0.39 is 0 Å². The predicted octanol–water partition coefficient (Wildman–Crippen LogP) is 3.94. The fourth-order valence-electron chi connectivity index (χ4n) is 3.69. The van der Waals surface area contributed by atoms with Crippen LogP contribution >= 0.6 is 0 Å². The number of benzene rings is 1. The Morgan fingerprint density at radius 3 is 2.42 bits per heavy atom. The van der Waals surface area contributed by atoms with Crippen LogP contribution in [0.1, 0.15) is 46.1 Å². The van der Waals surface area contributed by atoms with Crippen molar-refractivity contribution in [1.29, 1.82) is 0 Å². The summed E-state index contributed by atoms with van der Waals surface area (Å²) in [5.41, 5.74) is 1.47. The van der Waals surface area contributed by atoms with Gasteiger partial charge in [0.25, 0.3) is 0 Å². The molecule has 1 aliphatic heterocycles. The van der Waals surface area contributed by atoms with Crippen LogP contribution in [-0.2, 0) is 16.1 Å². The first-order valence-corrected chi connectivity index (χ1v) is 7.22. The molecule has 0 aromatic heterocycles. The van der Waals surface area contributed by atoms with Crippen LogP contribution in [0.4, 0.5) is 0 Å². The molecule has 0 radical (unpaired) electrons. The van der Waals surface area contributed by atoms with E-state index in [1.54, 1.807) is 0 Å². The third kappa shape index (κ3) is 2.02. The number of hydrogen-bond donors (Lipinski definition) is 0. The minimum absolute atomic E-state index is 0.0100. The summed E-state index contributed by atoms with van der Waals surface area (Å²) in [6.45, 7) is 9.79. The van der Waals surface area contributed by atoms with Gasteiger partial charge in [-0.05, 0) is 31.2 Å². The highest BCUT2D eigenvalue weighted by molar-refractivity contribution is 5.21. The molecular weight excluding hydrogens is 236 g/mol. The molecule has 1 aromatic rings. The van der Waals surface area contributed by atoms with E-state index in [9.17, 15) is 0 Å². The molecule has 3 atom stereocenters. The average Bonchev–Trinajstić information content (AvgIpc) is 2.92. The van der Waals surface area contributed by atoms with Gasteiger partial charge in [-0.1, -0.05) is 44.2 Å². The molecule has 104 valence electrons. The molecule has 2 heteroatoms. The Labute approximate surface area is 116 Å². The van der Waals surface area contributed by atoms with Crippen molar-refractivity contribution < 1.29 is 9.47 Å². The highest BCUT2D eigenvalue weighted by Gasteiger charge is 2.73. The van der Waals surface area contributed by atoms with Crippen LogP contribution in [-0.4, -0.2) is 17.3 Å². The molecule has 0 bridgehead atoms. The molecule has 1 saturated heterocycles. The second-order valence-electron chi connectivity index (χ2n) is 7.08. The maximum absolute atomic E-state index is 6.13. The second kappa shape index (κ2) is 4.07. The molecule has 0 spiro atoms. The molecule has 1 heterocycles. The standard InChI is InChI=1S/C17H24O2/c1-15(2)10-14(11-16(3)17(15,4)19-16)18-12-13-8-6-5-7-9-13/h5-9,14H,10-12H2,1-4H3/t14-,16+,17-/m0/s1. The normalized spacial score (nSPS) is 39.7. The maximum atomic E-state index is 6.13. The lowest BCUT2D eigenvalue weighted by atomic mass is 9.64. The molecular formula is C17H24O2. The number of ether oxygens (including phenoxy) is 2. The van der Waals surface area contributed by atoms with Gasteiger partial charge in [0, 0.05) is 6.42 Å². The topological polar surface area (TPSA) is 21.8 Å². The predicted molar refractivity (Wildman–Crippen MR) is 75.9 cm³/mol. The summed E-state index contributed by atoms with van der Waals surface area (Å²) in [7, 11) is 0. The number of rotatable bonds is 3. The molecule has 19 heavy (non-hydrogen) atoms. The van der Waals surface area contributed by atoms with Crippen molar-refractivity contribution in [3.05, 3.63) is 35.9 Å². The zero-order chi connectivity index (χ0) is 13.7. The summed E-state index contributed by atoms with van der Waals surface area (Å²) >= 11 is 0. The molecule has 2 nitrogen and oxygen atoms in total. The van der Waals surface area contributed by atoms with E-state index in [0.717, 1.165) is 12.8 Å². The SMILES string of the molecule is CC1(C)C[C@H](OCc2ccccc2)C[C@@]2(C)O[C@@]12C. The first-order chi connectivity index (χ1) is 8.86. The Morgan fingerprint density at radius 2 is 1.79 bits per heavy atom. The summed E-state index contributed by atoms with van der Waals surface area (Å²) < 4.78 is 12.2. The zero-order valence-electron chi connectivity index (χ0n) is 12.4. The Balaban J connectivity index is 1.65. The molecule has 1 saturated carbocycles. The quantitative estimate of drug-likeness (QED) is 0.768. The Kier molecular flexibility index (Phi) is 2.81. The fourth-order valence-corrected chi connectivity index (χ4v) is 3.69. The first kappa shape index (κ1) is 13.1. The first-order valence-electron chi connectivity index (χ1n) is 7.22. The van der Waals surface area contributed by atoms with E-state index in [4.69, 9.17) is 9.47 Å². The monoisotopic (exact) mass is 260 g/mol. The number of hydrogen-bond acceptors (Lipinski definition) is 2. The average molecular weight is 260 g/mol. The van der Waals surface area contributed by atoms with E-state index in [2.05, 4.69) is 52.0 Å². The van der Waals surface area contributed by atoms with Gasteiger partial charge in [-0.3, -0.25) is 0 Å². The summed E-state index contributed by atoms with van der Waals surface area (Å²) in [6, 6.07) is 10.4. The molecule has 0 amide bonds. The van der Waals surface area contributed by atoms with Gasteiger partial charge in [0.05, 0.1) is 18.3 Å². The summed E-state index contributed by atoms with van der Waals surface area (Å²) in [6.07, 6.45) is 2.39. The second-order valence-corrected chi connectivity index (χ2v) is 7.08. The van der Waals surface area contributed by atoms with Gasteiger partial charge in [0.2, 0.25) is 0 Å². The van der Waals surface area contributed by atoms with Gasteiger partial charge in [0.15, 0.2) is 0 Å². The third-order valence-electron chi connectivity index (χ3n) is 5.37. The minimum Gasteiger partial charge on any atom is -0.373 e. The number of epoxide rings is 1. The van der Waals surface area contributed by atoms with Crippen molar-refractivity contribution in [1.82, 2.24) is 0 Å². The summed E-state index contributed by atoms with van der Waals surface area (Å²) in [5.74, 6) is 0. The van der Waals surface area contributed by atoms with Crippen molar-refractivity contribution in [2.75, 3.05) is 0 Å². The molecule has 3 rings (SSSR count). The van der Waals surface area contributed by atoms with E-state index in [1.807, 2.05) is 6.07 Å². The van der Waals surface area contributed by atoms with Crippen LogP contribution in [0.3, 0.4) is 0 Å². The van der Waals surface area contributed by atoms with Gasteiger partial charge in [0.1, 0.15) is 5.60 Å². The van der Waals surface area contributed by atoms with Crippen LogP contribution < -0.4 is 0 Å². The van der Waals surface area contributed by atoms with Crippen LogP contribution in [0.25, 0.3) is 0 Å². The highest BCUT2D eigenvalue weighted by atomic mass is 16.6. The summed E-state index contributed by atoms with van der Waals surface area (Å²) in [4.78, 5) is 0.